The van der Waals surface area contributed by atoms with Crippen molar-refractivity contribution in [3.8, 4) is 0 Å². The van der Waals surface area contributed by atoms with E-state index in [9.17, 15) is 14.7 Å². The van der Waals surface area contributed by atoms with E-state index in [-0.39, 0.29) is 5.91 Å². The van der Waals surface area contributed by atoms with Gasteiger partial charge in [0.05, 0.1) is 0 Å². The topological polar surface area (TPSA) is 66.4 Å². The largest absolute Gasteiger partial charge is 0.480 e. The summed E-state index contributed by atoms with van der Waals surface area (Å²) in [7, 11) is 0. The summed E-state index contributed by atoms with van der Waals surface area (Å²) in [5.74, 6) is 0.132. The number of carbonyl (C=O) groups is 2. The number of carboxylic acid groups (broad SMARTS) is 1. The summed E-state index contributed by atoms with van der Waals surface area (Å²) >= 11 is 1.92. The van der Waals surface area contributed by atoms with E-state index in [0.29, 0.717) is 12.8 Å². The molecule has 0 unspecified atom stereocenters. The Morgan fingerprint density at radius 1 is 0.926 bits per heavy atom. The van der Waals surface area contributed by atoms with Gasteiger partial charge in [-0.05, 0) is 30.4 Å². The van der Waals surface area contributed by atoms with Crippen LogP contribution >= 0.6 is 11.8 Å². The van der Waals surface area contributed by atoms with Gasteiger partial charge in [-0.15, -0.1) is 0 Å². The van der Waals surface area contributed by atoms with Gasteiger partial charge in [0.1, 0.15) is 6.04 Å². The molecule has 0 saturated carbocycles. The Morgan fingerprint density at radius 2 is 1.48 bits per heavy atom. The van der Waals surface area contributed by atoms with Gasteiger partial charge in [-0.2, -0.15) is 11.8 Å². The molecule has 0 fully saturated rings. The number of aliphatic carboxylic acids is 1. The van der Waals surface area contributed by atoms with Gasteiger partial charge in [0.2, 0.25) is 5.91 Å². The maximum Gasteiger partial charge on any atom is 0.326 e. The number of amides is 1. The Labute approximate surface area is 168 Å². The minimum absolute atomic E-state index is 0.160. The molecule has 1 aromatic carbocycles. The summed E-state index contributed by atoms with van der Waals surface area (Å²) in [4.78, 5) is 23.4. The van der Waals surface area contributed by atoms with E-state index >= 15 is 0 Å². The maximum absolute atomic E-state index is 12.0. The third-order valence-corrected chi connectivity index (χ3v) is 5.37. The second-order valence-corrected chi connectivity index (χ2v) is 8.06. The first-order valence-electron chi connectivity index (χ1n) is 10.2. The molecule has 1 rings (SSSR count). The Kier molecular flexibility index (Phi) is 13.6. The van der Waals surface area contributed by atoms with Crippen LogP contribution in [0.1, 0.15) is 69.8 Å². The van der Waals surface area contributed by atoms with Crippen molar-refractivity contribution in [2.24, 2.45) is 0 Å². The Hall–Kier alpha value is -1.49. The maximum atomic E-state index is 12.0. The molecule has 0 aliphatic carbocycles. The molecule has 0 radical (unpaired) electrons. The highest BCUT2D eigenvalue weighted by Crippen LogP contribution is 2.12. The smallest absolute Gasteiger partial charge is 0.326 e. The first-order valence-corrected chi connectivity index (χ1v) is 11.6. The molecule has 27 heavy (non-hydrogen) atoms. The van der Waals surface area contributed by atoms with Gasteiger partial charge >= 0.3 is 5.97 Å². The van der Waals surface area contributed by atoms with Crippen LogP contribution in [0.25, 0.3) is 0 Å². The van der Waals surface area contributed by atoms with Crippen molar-refractivity contribution in [2.75, 3.05) is 12.0 Å². The Bertz CT molecular complexity index is 522. The molecular formula is C22H35NO3S. The van der Waals surface area contributed by atoms with E-state index in [2.05, 4.69) is 11.6 Å². The first kappa shape index (κ1) is 23.5. The van der Waals surface area contributed by atoms with E-state index < -0.39 is 12.0 Å². The van der Waals surface area contributed by atoms with E-state index in [1.54, 1.807) is 0 Å². The predicted octanol–water partition coefficient (Wildman–Crippen LogP) is 5.06. The average Bonchev–Trinajstić information content (AvgIpc) is 2.66. The van der Waals surface area contributed by atoms with Crippen LogP contribution in [-0.4, -0.2) is 35.0 Å². The van der Waals surface area contributed by atoms with Gasteiger partial charge in [-0.1, -0.05) is 75.3 Å². The lowest BCUT2D eigenvalue weighted by molar-refractivity contribution is -0.141. The SMILES string of the molecule is CSCCCCCCCCCCCC(=O)N[C@@H](Cc1ccccc1)C(=O)O. The van der Waals surface area contributed by atoms with E-state index in [4.69, 9.17) is 0 Å². The Morgan fingerprint density at radius 3 is 2.04 bits per heavy atom. The fourth-order valence-electron chi connectivity index (χ4n) is 3.09. The number of hydrogen-bond acceptors (Lipinski definition) is 3. The molecule has 1 amide bonds. The molecule has 0 aromatic heterocycles. The van der Waals surface area contributed by atoms with Crippen molar-refractivity contribution < 1.29 is 14.7 Å². The van der Waals surface area contributed by atoms with Crippen molar-refractivity contribution in [2.45, 2.75) is 76.7 Å². The molecule has 1 aromatic rings. The fraction of sp³-hybridized carbons (Fsp3) is 0.636. The number of benzene rings is 1. The lowest BCUT2D eigenvalue weighted by atomic mass is 10.0. The van der Waals surface area contributed by atoms with Gasteiger partial charge in [-0.3, -0.25) is 4.79 Å². The monoisotopic (exact) mass is 393 g/mol. The Balaban J connectivity index is 2.07. The minimum atomic E-state index is -0.982. The van der Waals surface area contributed by atoms with Gasteiger partial charge < -0.3 is 10.4 Å². The summed E-state index contributed by atoms with van der Waals surface area (Å²) < 4.78 is 0. The number of hydrogen-bond donors (Lipinski definition) is 2. The van der Waals surface area contributed by atoms with Crippen molar-refractivity contribution in [3.05, 3.63) is 35.9 Å². The molecule has 0 spiro atoms. The zero-order valence-electron chi connectivity index (χ0n) is 16.6. The highest BCUT2D eigenvalue weighted by atomic mass is 32.2. The zero-order valence-corrected chi connectivity index (χ0v) is 17.4. The van der Waals surface area contributed by atoms with Crippen LogP contribution < -0.4 is 5.32 Å². The molecule has 0 heterocycles. The summed E-state index contributed by atoms with van der Waals surface area (Å²) in [6.07, 6.45) is 13.7. The molecule has 5 heteroatoms. The van der Waals surface area contributed by atoms with Crippen LogP contribution in [0.15, 0.2) is 30.3 Å². The van der Waals surface area contributed by atoms with E-state index in [0.717, 1.165) is 24.8 Å². The molecule has 0 saturated heterocycles. The third-order valence-electron chi connectivity index (χ3n) is 4.67. The molecule has 0 aliphatic rings. The van der Waals surface area contributed by atoms with Gasteiger partial charge in [-0.25, -0.2) is 4.79 Å². The summed E-state index contributed by atoms with van der Waals surface area (Å²) in [5, 5.41) is 12.0. The summed E-state index contributed by atoms with van der Waals surface area (Å²) in [6, 6.07) is 8.55. The van der Waals surface area contributed by atoms with Crippen LogP contribution in [0.2, 0.25) is 0 Å². The lowest BCUT2D eigenvalue weighted by Crippen LogP contribution is -2.42. The normalized spacial score (nSPS) is 11.9. The predicted molar refractivity (Wildman–Crippen MR) is 114 cm³/mol. The van der Waals surface area contributed by atoms with Gasteiger partial charge in [0.25, 0.3) is 0 Å². The van der Waals surface area contributed by atoms with Crippen molar-refractivity contribution >= 4 is 23.6 Å². The fourth-order valence-corrected chi connectivity index (χ4v) is 3.58. The van der Waals surface area contributed by atoms with Crippen LogP contribution in [0.4, 0.5) is 0 Å². The highest BCUT2D eigenvalue weighted by Gasteiger charge is 2.19. The highest BCUT2D eigenvalue weighted by molar-refractivity contribution is 7.98. The molecule has 0 bridgehead atoms. The number of carboxylic acids is 1. The second-order valence-electron chi connectivity index (χ2n) is 7.07. The van der Waals surface area contributed by atoms with Crippen molar-refractivity contribution in [1.82, 2.24) is 5.32 Å². The van der Waals surface area contributed by atoms with Crippen LogP contribution in [0, 0.1) is 0 Å². The minimum Gasteiger partial charge on any atom is -0.480 e. The van der Waals surface area contributed by atoms with Crippen molar-refractivity contribution in [3.63, 3.8) is 0 Å². The van der Waals surface area contributed by atoms with E-state index in [1.165, 1.54) is 44.3 Å². The van der Waals surface area contributed by atoms with Gasteiger partial charge in [0.15, 0.2) is 0 Å². The summed E-state index contributed by atoms with van der Waals surface area (Å²) in [5.41, 5.74) is 0.915. The molecular weight excluding hydrogens is 358 g/mol. The van der Waals surface area contributed by atoms with Gasteiger partial charge in [0, 0.05) is 12.8 Å². The third kappa shape index (κ3) is 12.5. The number of unbranched alkanes of at least 4 members (excludes halogenated alkanes) is 8. The molecule has 152 valence electrons. The van der Waals surface area contributed by atoms with Crippen molar-refractivity contribution in [1.29, 1.82) is 0 Å². The summed E-state index contributed by atoms with van der Waals surface area (Å²) in [6.45, 7) is 0. The first-order chi connectivity index (χ1) is 13.1. The lowest BCUT2D eigenvalue weighted by Gasteiger charge is -2.14. The quantitative estimate of drug-likeness (QED) is 0.385. The number of rotatable bonds is 16. The molecule has 1 atom stereocenters. The molecule has 4 nitrogen and oxygen atoms in total. The number of carbonyl (C=O) groups excluding carboxylic acids is 1. The average molecular weight is 394 g/mol. The van der Waals surface area contributed by atoms with E-state index in [1.807, 2.05) is 42.1 Å². The van der Waals surface area contributed by atoms with Crippen LogP contribution in [0.5, 0.6) is 0 Å². The van der Waals surface area contributed by atoms with Crippen LogP contribution in [0.3, 0.4) is 0 Å². The molecule has 2 N–H and O–H groups in total. The van der Waals surface area contributed by atoms with Crippen LogP contribution in [-0.2, 0) is 16.0 Å². The second kappa shape index (κ2) is 15.6. The number of nitrogens with one attached hydrogen (secondary N) is 1. The number of thioether (sulfide) groups is 1. The standard InChI is InChI=1S/C22H35NO3S/c1-27-17-13-8-6-4-2-3-5-7-12-16-21(24)23-20(22(25)26)18-19-14-10-9-11-15-19/h9-11,14-15,20H,2-8,12-13,16-18H2,1H3,(H,23,24)(H,25,26)/t20-/m0/s1. The molecule has 0 aliphatic heterocycles. The zero-order chi connectivity index (χ0) is 19.7.